The molecule has 1 aliphatic carbocycles. The fourth-order valence-corrected chi connectivity index (χ4v) is 2.26. The van der Waals surface area contributed by atoms with Crippen LogP contribution in [-0.2, 0) is 0 Å². The summed E-state index contributed by atoms with van der Waals surface area (Å²) in [7, 11) is 0. The summed E-state index contributed by atoms with van der Waals surface area (Å²) in [6.45, 7) is 3.65. The van der Waals surface area contributed by atoms with Crippen LogP contribution in [0.2, 0.25) is 0 Å². The summed E-state index contributed by atoms with van der Waals surface area (Å²) >= 11 is 0. The van der Waals surface area contributed by atoms with E-state index < -0.39 is 5.97 Å². The summed E-state index contributed by atoms with van der Waals surface area (Å²) in [5, 5.41) is 12.2. The molecule has 19 heavy (non-hydrogen) atoms. The average molecular weight is 263 g/mol. The van der Waals surface area contributed by atoms with Gasteiger partial charge in [0.15, 0.2) is 0 Å². The zero-order valence-corrected chi connectivity index (χ0v) is 11.3. The minimum atomic E-state index is -0.914. The third-order valence-electron chi connectivity index (χ3n) is 3.80. The molecule has 1 fully saturated rings. The zero-order chi connectivity index (χ0) is 13.7. The van der Waals surface area contributed by atoms with Gasteiger partial charge in [0.1, 0.15) is 12.4 Å². The Morgan fingerprint density at radius 2 is 2.11 bits per heavy atom. The maximum absolute atomic E-state index is 10.7. The molecule has 0 amide bonds. The molecule has 2 N–H and O–H groups in total. The smallest absolute Gasteiger partial charge is 0.335 e. The van der Waals surface area contributed by atoms with Crippen molar-refractivity contribution in [3.63, 3.8) is 0 Å². The van der Waals surface area contributed by atoms with Crippen molar-refractivity contribution in [2.24, 2.45) is 5.92 Å². The molecule has 0 saturated heterocycles. The first-order chi connectivity index (χ1) is 9.16. The van der Waals surface area contributed by atoms with E-state index in [2.05, 4.69) is 12.2 Å². The Bertz CT molecular complexity index is 412. The number of nitrogens with one attached hydrogen (secondary N) is 1. The summed E-state index contributed by atoms with van der Waals surface area (Å²) in [5.41, 5.74) is 0.282. The van der Waals surface area contributed by atoms with Crippen molar-refractivity contribution in [1.29, 1.82) is 0 Å². The Kier molecular flexibility index (Phi) is 4.80. The molecule has 1 saturated carbocycles. The van der Waals surface area contributed by atoms with Crippen LogP contribution >= 0.6 is 0 Å². The third-order valence-corrected chi connectivity index (χ3v) is 3.80. The zero-order valence-electron chi connectivity index (χ0n) is 11.3. The SMILES string of the molecule is CC(NCCOc1ccc(C(=O)O)cc1)C1CCC1. The molecule has 0 aromatic heterocycles. The minimum Gasteiger partial charge on any atom is -0.492 e. The van der Waals surface area contributed by atoms with Crippen LogP contribution in [0, 0.1) is 5.92 Å². The Balaban J connectivity index is 1.66. The van der Waals surface area contributed by atoms with Gasteiger partial charge in [0, 0.05) is 12.6 Å². The molecule has 4 nitrogen and oxygen atoms in total. The van der Waals surface area contributed by atoms with Gasteiger partial charge in [-0.25, -0.2) is 4.79 Å². The van der Waals surface area contributed by atoms with E-state index in [1.807, 2.05) is 0 Å². The Morgan fingerprint density at radius 1 is 1.42 bits per heavy atom. The molecule has 104 valence electrons. The molecule has 1 aromatic carbocycles. The predicted molar refractivity (Wildman–Crippen MR) is 73.7 cm³/mol. The maximum Gasteiger partial charge on any atom is 0.335 e. The van der Waals surface area contributed by atoms with E-state index in [-0.39, 0.29) is 5.56 Å². The van der Waals surface area contributed by atoms with Crippen LogP contribution in [0.25, 0.3) is 0 Å². The number of carboxylic acid groups (broad SMARTS) is 1. The summed E-state index contributed by atoms with van der Waals surface area (Å²) < 4.78 is 5.57. The highest BCUT2D eigenvalue weighted by atomic mass is 16.5. The molecule has 1 unspecified atom stereocenters. The number of aromatic carboxylic acids is 1. The molecule has 0 spiro atoms. The first-order valence-electron chi connectivity index (χ1n) is 6.86. The molecule has 0 bridgehead atoms. The van der Waals surface area contributed by atoms with Crippen molar-refractivity contribution in [2.75, 3.05) is 13.2 Å². The largest absolute Gasteiger partial charge is 0.492 e. The van der Waals surface area contributed by atoms with Crippen molar-refractivity contribution in [3.05, 3.63) is 29.8 Å². The number of hydrogen-bond acceptors (Lipinski definition) is 3. The second-order valence-corrected chi connectivity index (χ2v) is 5.11. The summed E-state index contributed by atoms with van der Waals surface area (Å²) in [5.74, 6) is 0.625. The molecule has 1 atom stereocenters. The lowest BCUT2D eigenvalue weighted by Crippen LogP contribution is -2.39. The number of ether oxygens (including phenoxy) is 1. The van der Waals surface area contributed by atoms with Crippen LogP contribution < -0.4 is 10.1 Å². The van der Waals surface area contributed by atoms with Gasteiger partial charge in [-0.3, -0.25) is 0 Å². The van der Waals surface area contributed by atoms with Crippen LogP contribution in [0.3, 0.4) is 0 Å². The van der Waals surface area contributed by atoms with E-state index in [1.54, 1.807) is 24.3 Å². The monoisotopic (exact) mass is 263 g/mol. The van der Waals surface area contributed by atoms with Gasteiger partial charge < -0.3 is 15.2 Å². The highest BCUT2D eigenvalue weighted by Crippen LogP contribution is 2.29. The maximum atomic E-state index is 10.7. The van der Waals surface area contributed by atoms with Crippen LogP contribution in [0.1, 0.15) is 36.5 Å². The van der Waals surface area contributed by atoms with Gasteiger partial charge in [-0.1, -0.05) is 6.42 Å². The quantitative estimate of drug-likeness (QED) is 0.742. The van der Waals surface area contributed by atoms with Gasteiger partial charge in [-0.2, -0.15) is 0 Å². The second-order valence-electron chi connectivity index (χ2n) is 5.11. The van der Waals surface area contributed by atoms with Gasteiger partial charge in [0.25, 0.3) is 0 Å². The van der Waals surface area contributed by atoms with E-state index in [0.717, 1.165) is 12.5 Å². The average Bonchev–Trinajstić information content (AvgIpc) is 2.33. The lowest BCUT2D eigenvalue weighted by atomic mass is 9.80. The first kappa shape index (κ1) is 13.9. The predicted octanol–water partition coefficient (Wildman–Crippen LogP) is 2.54. The number of benzene rings is 1. The molecule has 1 aliphatic rings. The Hall–Kier alpha value is -1.55. The third kappa shape index (κ3) is 3.96. The van der Waals surface area contributed by atoms with E-state index in [1.165, 1.54) is 19.3 Å². The van der Waals surface area contributed by atoms with Crippen LogP contribution in [0.15, 0.2) is 24.3 Å². The van der Waals surface area contributed by atoms with Gasteiger partial charge >= 0.3 is 5.97 Å². The topological polar surface area (TPSA) is 58.6 Å². The lowest BCUT2D eigenvalue weighted by Gasteiger charge is -2.32. The van der Waals surface area contributed by atoms with E-state index in [0.29, 0.717) is 18.4 Å². The molecule has 0 heterocycles. The Labute approximate surface area is 113 Å². The number of hydrogen-bond donors (Lipinski definition) is 2. The molecule has 0 aliphatic heterocycles. The van der Waals surface area contributed by atoms with Crippen molar-refractivity contribution in [3.8, 4) is 5.75 Å². The van der Waals surface area contributed by atoms with Crippen molar-refractivity contribution < 1.29 is 14.6 Å². The summed E-state index contributed by atoms with van der Waals surface area (Å²) in [6.07, 6.45) is 4.04. The molecule has 1 aromatic rings. The van der Waals surface area contributed by atoms with Gasteiger partial charge in [0.05, 0.1) is 5.56 Å². The molecular weight excluding hydrogens is 242 g/mol. The molecule has 0 radical (unpaired) electrons. The minimum absolute atomic E-state index is 0.282. The van der Waals surface area contributed by atoms with Crippen LogP contribution in [0.4, 0.5) is 0 Å². The first-order valence-corrected chi connectivity index (χ1v) is 6.86. The normalized spacial score (nSPS) is 16.7. The fourth-order valence-electron chi connectivity index (χ4n) is 2.26. The van der Waals surface area contributed by atoms with Crippen LogP contribution in [-0.4, -0.2) is 30.3 Å². The number of carbonyl (C=O) groups is 1. The van der Waals surface area contributed by atoms with E-state index in [4.69, 9.17) is 9.84 Å². The lowest BCUT2D eigenvalue weighted by molar-refractivity contribution is 0.0697. The van der Waals surface area contributed by atoms with Crippen molar-refractivity contribution in [2.45, 2.75) is 32.2 Å². The van der Waals surface area contributed by atoms with Gasteiger partial charge in [-0.15, -0.1) is 0 Å². The van der Waals surface area contributed by atoms with Crippen molar-refractivity contribution in [1.82, 2.24) is 5.32 Å². The Morgan fingerprint density at radius 3 is 2.63 bits per heavy atom. The van der Waals surface area contributed by atoms with E-state index in [9.17, 15) is 4.79 Å². The molecular formula is C15H21NO3. The fraction of sp³-hybridized carbons (Fsp3) is 0.533. The van der Waals surface area contributed by atoms with Crippen molar-refractivity contribution >= 4 is 5.97 Å². The summed E-state index contributed by atoms with van der Waals surface area (Å²) in [6, 6.07) is 7.06. The second kappa shape index (κ2) is 6.57. The number of rotatable bonds is 7. The van der Waals surface area contributed by atoms with Gasteiger partial charge in [0.2, 0.25) is 0 Å². The molecule has 4 heteroatoms. The number of carboxylic acids is 1. The summed E-state index contributed by atoms with van der Waals surface area (Å²) in [4.78, 5) is 10.7. The van der Waals surface area contributed by atoms with Gasteiger partial charge in [-0.05, 0) is 49.9 Å². The molecule has 2 rings (SSSR count). The highest BCUT2D eigenvalue weighted by molar-refractivity contribution is 5.87. The standard InChI is InChI=1S/C15H21NO3/c1-11(12-3-2-4-12)16-9-10-19-14-7-5-13(6-8-14)15(17)18/h5-8,11-12,16H,2-4,9-10H2,1H3,(H,17,18). The van der Waals surface area contributed by atoms with E-state index >= 15 is 0 Å². The highest BCUT2D eigenvalue weighted by Gasteiger charge is 2.22. The van der Waals surface area contributed by atoms with Crippen LogP contribution in [0.5, 0.6) is 5.75 Å².